The number of thioether (sulfide) groups is 1. The van der Waals surface area contributed by atoms with Gasteiger partial charge in [-0.25, -0.2) is 0 Å². The van der Waals surface area contributed by atoms with Crippen LogP contribution in [0.15, 0.2) is 70.0 Å². The molecule has 0 atom stereocenters. The Labute approximate surface area is 175 Å². The van der Waals surface area contributed by atoms with Gasteiger partial charge in [0, 0.05) is 11.6 Å². The molecular formula is C20H11Cl2NO2S2. The van der Waals surface area contributed by atoms with Crippen LogP contribution in [0.25, 0.3) is 17.4 Å². The van der Waals surface area contributed by atoms with Crippen molar-refractivity contribution in [3.63, 3.8) is 0 Å². The lowest BCUT2D eigenvalue weighted by Gasteiger charge is -2.13. The summed E-state index contributed by atoms with van der Waals surface area (Å²) in [7, 11) is 0. The summed E-state index contributed by atoms with van der Waals surface area (Å²) in [5.41, 5.74) is 1.56. The Morgan fingerprint density at radius 3 is 2.52 bits per heavy atom. The average Bonchev–Trinajstić information content (AvgIpc) is 3.23. The van der Waals surface area contributed by atoms with Crippen molar-refractivity contribution >= 4 is 69.2 Å². The zero-order chi connectivity index (χ0) is 19.0. The first-order chi connectivity index (χ1) is 13.0. The van der Waals surface area contributed by atoms with E-state index in [2.05, 4.69) is 0 Å². The molecule has 3 aromatic rings. The van der Waals surface area contributed by atoms with Crippen LogP contribution in [0.1, 0.15) is 5.76 Å². The van der Waals surface area contributed by atoms with Gasteiger partial charge >= 0.3 is 0 Å². The Kier molecular flexibility index (Phi) is 5.10. The molecule has 27 heavy (non-hydrogen) atoms. The Bertz CT molecular complexity index is 1080. The fraction of sp³-hybridized carbons (Fsp3) is 0. The van der Waals surface area contributed by atoms with Crippen molar-refractivity contribution < 1.29 is 9.21 Å². The molecule has 0 radical (unpaired) electrons. The van der Waals surface area contributed by atoms with E-state index in [1.54, 1.807) is 24.3 Å². The van der Waals surface area contributed by atoms with Crippen molar-refractivity contribution in [1.82, 2.24) is 0 Å². The van der Waals surface area contributed by atoms with E-state index in [0.29, 0.717) is 30.8 Å². The number of hydrogen-bond acceptors (Lipinski definition) is 4. The summed E-state index contributed by atoms with van der Waals surface area (Å²) in [6, 6.07) is 18.2. The minimum atomic E-state index is -0.163. The number of anilines is 1. The molecule has 0 unspecified atom stereocenters. The Morgan fingerprint density at radius 1 is 1.00 bits per heavy atom. The molecule has 1 saturated heterocycles. The van der Waals surface area contributed by atoms with E-state index in [0.717, 1.165) is 11.3 Å². The summed E-state index contributed by atoms with van der Waals surface area (Å²) < 4.78 is 6.34. The number of halogens is 2. The van der Waals surface area contributed by atoms with E-state index in [4.69, 9.17) is 39.8 Å². The fourth-order valence-corrected chi connectivity index (χ4v) is 4.21. The number of hydrogen-bond donors (Lipinski definition) is 0. The topological polar surface area (TPSA) is 33.5 Å². The quantitative estimate of drug-likeness (QED) is 0.342. The van der Waals surface area contributed by atoms with Gasteiger partial charge < -0.3 is 4.42 Å². The van der Waals surface area contributed by atoms with E-state index in [1.165, 1.54) is 16.7 Å². The third-order valence-corrected chi connectivity index (χ3v) is 5.95. The van der Waals surface area contributed by atoms with Gasteiger partial charge in [-0.1, -0.05) is 65.4 Å². The summed E-state index contributed by atoms with van der Waals surface area (Å²) in [6.45, 7) is 0. The van der Waals surface area contributed by atoms with Crippen LogP contribution in [0.4, 0.5) is 5.69 Å². The van der Waals surface area contributed by atoms with E-state index >= 15 is 0 Å². The lowest BCUT2D eigenvalue weighted by atomic mass is 10.2. The highest BCUT2D eigenvalue weighted by molar-refractivity contribution is 8.27. The first kappa shape index (κ1) is 18.3. The van der Waals surface area contributed by atoms with Crippen LogP contribution in [0, 0.1) is 0 Å². The first-order valence-corrected chi connectivity index (χ1v) is 9.89. The molecule has 3 nitrogen and oxygen atoms in total. The van der Waals surface area contributed by atoms with Gasteiger partial charge in [0.1, 0.15) is 11.5 Å². The second kappa shape index (κ2) is 7.52. The van der Waals surface area contributed by atoms with E-state index in [1.807, 2.05) is 42.5 Å². The molecule has 0 aliphatic carbocycles. The maximum atomic E-state index is 12.8. The van der Waals surface area contributed by atoms with Crippen LogP contribution < -0.4 is 4.90 Å². The Morgan fingerprint density at radius 2 is 1.78 bits per heavy atom. The van der Waals surface area contributed by atoms with Crippen molar-refractivity contribution in [2.45, 2.75) is 0 Å². The summed E-state index contributed by atoms with van der Waals surface area (Å²) in [5.74, 6) is 1.03. The maximum Gasteiger partial charge on any atom is 0.270 e. The van der Waals surface area contributed by atoms with Gasteiger partial charge in [-0.2, -0.15) is 0 Å². The third-order valence-electron chi connectivity index (χ3n) is 3.91. The van der Waals surface area contributed by atoms with Gasteiger partial charge in [0.25, 0.3) is 5.91 Å². The first-order valence-electron chi connectivity index (χ1n) is 7.91. The van der Waals surface area contributed by atoms with Crippen LogP contribution in [0.3, 0.4) is 0 Å². The van der Waals surface area contributed by atoms with Crippen LogP contribution in [0.5, 0.6) is 0 Å². The normalized spacial score (nSPS) is 15.8. The summed E-state index contributed by atoms with van der Waals surface area (Å²) in [4.78, 5) is 14.8. The van der Waals surface area contributed by atoms with Crippen molar-refractivity contribution in [3.8, 4) is 11.3 Å². The lowest BCUT2D eigenvalue weighted by Crippen LogP contribution is -2.27. The smallest absolute Gasteiger partial charge is 0.270 e. The van der Waals surface area contributed by atoms with Gasteiger partial charge in [-0.3, -0.25) is 9.69 Å². The number of carbonyl (C=O) groups is 1. The number of thiocarbonyl (C=S) groups is 1. The Hall–Kier alpha value is -2.05. The molecule has 0 N–H and O–H groups in total. The van der Waals surface area contributed by atoms with E-state index < -0.39 is 0 Å². The van der Waals surface area contributed by atoms with Crippen LogP contribution >= 0.6 is 47.2 Å². The molecule has 1 amide bonds. The number of nitrogens with zero attached hydrogens (tertiary/aromatic N) is 1. The highest BCUT2D eigenvalue weighted by atomic mass is 35.5. The van der Waals surface area contributed by atoms with Gasteiger partial charge in [0.2, 0.25) is 0 Å². The molecule has 1 fully saturated rings. The number of benzene rings is 2. The molecule has 0 spiro atoms. The van der Waals surface area contributed by atoms with Gasteiger partial charge in [-0.15, -0.1) is 0 Å². The molecule has 1 aliphatic rings. The minimum absolute atomic E-state index is 0.163. The highest BCUT2D eigenvalue weighted by Crippen LogP contribution is 2.37. The molecule has 134 valence electrons. The summed E-state index contributed by atoms with van der Waals surface area (Å²) in [5, 5.41) is 0.938. The van der Waals surface area contributed by atoms with Crippen molar-refractivity contribution in [2.24, 2.45) is 0 Å². The highest BCUT2D eigenvalue weighted by Gasteiger charge is 2.33. The largest absolute Gasteiger partial charge is 0.457 e. The third kappa shape index (κ3) is 3.69. The predicted octanol–water partition coefficient (Wildman–Crippen LogP) is 6.66. The van der Waals surface area contributed by atoms with E-state index in [9.17, 15) is 4.79 Å². The number of furan rings is 1. The molecule has 0 saturated carbocycles. The van der Waals surface area contributed by atoms with E-state index in [-0.39, 0.29) is 5.91 Å². The maximum absolute atomic E-state index is 12.8. The molecule has 1 aliphatic heterocycles. The zero-order valence-corrected chi connectivity index (χ0v) is 16.8. The molecular weight excluding hydrogens is 421 g/mol. The monoisotopic (exact) mass is 431 g/mol. The summed E-state index contributed by atoms with van der Waals surface area (Å²) >= 11 is 18.6. The Balaban J connectivity index is 1.61. The molecule has 1 aromatic heterocycles. The number of para-hydroxylation sites is 1. The fourth-order valence-electron chi connectivity index (χ4n) is 2.63. The molecule has 4 rings (SSSR count). The number of amides is 1. The average molecular weight is 432 g/mol. The van der Waals surface area contributed by atoms with Gasteiger partial charge in [0.05, 0.1) is 20.6 Å². The van der Waals surface area contributed by atoms with Gasteiger partial charge in [0.15, 0.2) is 4.32 Å². The lowest BCUT2D eigenvalue weighted by molar-refractivity contribution is -0.113. The molecule has 2 aromatic carbocycles. The van der Waals surface area contributed by atoms with Crippen LogP contribution in [0.2, 0.25) is 10.0 Å². The SMILES string of the molecule is O=C1C(=Cc2ccc(-c3ccc(Cl)c(Cl)c3)o2)SC(=S)N1c1ccccc1. The molecule has 0 bridgehead atoms. The zero-order valence-electron chi connectivity index (χ0n) is 13.7. The standard InChI is InChI=1S/C20H11Cl2NO2S2/c21-15-8-6-12(10-16(15)22)17-9-7-14(25-17)11-18-19(24)23(20(26)27-18)13-4-2-1-3-5-13/h1-11H. The second-order valence-corrected chi connectivity index (χ2v) is 8.17. The van der Waals surface area contributed by atoms with Crippen LogP contribution in [-0.2, 0) is 4.79 Å². The molecule has 2 heterocycles. The number of carbonyl (C=O) groups excluding carboxylic acids is 1. The van der Waals surface area contributed by atoms with Crippen molar-refractivity contribution in [3.05, 3.63) is 81.4 Å². The van der Waals surface area contributed by atoms with Crippen molar-refractivity contribution in [1.29, 1.82) is 0 Å². The minimum Gasteiger partial charge on any atom is -0.457 e. The van der Waals surface area contributed by atoms with Gasteiger partial charge in [-0.05, 0) is 42.5 Å². The summed E-state index contributed by atoms with van der Waals surface area (Å²) in [6.07, 6.45) is 1.70. The number of rotatable bonds is 3. The van der Waals surface area contributed by atoms with Crippen molar-refractivity contribution in [2.75, 3.05) is 4.90 Å². The molecule has 7 heteroatoms. The predicted molar refractivity (Wildman–Crippen MR) is 116 cm³/mol. The van der Waals surface area contributed by atoms with Crippen LogP contribution in [-0.4, -0.2) is 10.2 Å². The second-order valence-electron chi connectivity index (χ2n) is 5.68.